The average Bonchev–Trinajstić information content (AvgIpc) is 3.19. The van der Waals surface area contributed by atoms with Gasteiger partial charge in [-0.25, -0.2) is 9.97 Å². The fraction of sp³-hybridized carbons (Fsp3) is 0.100. The minimum atomic E-state index is 0.491. The second-order valence-electron chi connectivity index (χ2n) is 5.84. The summed E-state index contributed by atoms with van der Waals surface area (Å²) in [6.45, 7) is 1.94. The Labute approximate surface area is 151 Å². The standard InChI is InChI=1S/C20H17N5O/c1-14-11-18(15-7-4-3-5-8-15)22-20(21-14)25-13-19(23-24-25)16-9-6-10-17(12-16)26-2/h3-13H,1-2H3. The lowest BCUT2D eigenvalue weighted by molar-refractivity contribution is 0.415. The molecule has 0 aliphatic rings. The van der Waals surface area contributed by atoms with E-state index in [-0.39, 0.29) is 0 Å². The number of hydrogen-bond acceptors (Lipinski definition) is 5. The first kappa shape index (κ1) is 16.0. The van der Waals surface area contributed by atoms with Crippen molar-refractivity contribution < 1.29 is 4.74 Å². The van der Waals surface area contributed by atoms with Crippen molar-refractivity contribution >= 4 is 0 Å². The van der Waals surface area contributed by atoms with Crippen LogP contribution < -0.4 is 4.74 Å². The lowest BCUT2D eigenvalue weighted by Gasteiger charge is -2.05. The van der Waals surface area contributed by atoms with E-state index in [4.69, 9.17) is 4.74 Å². The third-order valence-electron chi connectivity index (χ3n) is 3.98. The molecule has 0 N–H and O–H groups in total. The quantitative estimate of drug-likeness (QED) is 0.565. The van der Waals surface area contributed by atoms with Gasteiger partial charge in [0.2, 0.25) is 0 Å². The summed E-state index contributed by atoms with van der Waals surface area (Å²) in [5, 5.41) is 8.44. The summed E-state index contributed by atoms with van der Waals surface area (Å²) in [5.41, 5.74) is 4.41. The van der Waals surface area contributed by atoms with Crippen LogP contribution in [0.15, 0.2) is 66.9 Å². The van der Waals surface area contributed by atoms with Gasteiger partial charge in [-0.05, 0) is 25.1 Å². The summed E-state index contributed by atoms with van der Waals surface area (Å²) in [6.07, 6.45) is 1.82. The van der Waals surface area contributed by atoms with Crippen LogP contribution in [0.4, 0.5) is 0 Å². The molecular formula is C20H17N5O. The molecular weight excluding hydrogens is 326 g/mol. The first-order valence-electron chi connectivity index (χ1n) is 8.21. The van der Waals surface area contributed by atoms with Crippen LogP contribution in [0, 0.1) is 6.92 Å². The lowest BCUT2D eigenvalue weighted by atomic mass is 10.1. The van der Waals surface area contributed by atoms with E-state index < -0.39 is 0 Å². The molecule has 4 rings (SSSR count). The number of aryl methyl sites for hydroxylation is 1. The number of benzene rings is 2. The van der Waals surface area contributed by atoms with E-state index in [9.17, 15) is 0 Å². The van der Waals surface area contributed by atoms with E-state index in [0.29, 0.717) is 5.95 Å². The topological polar surface area (TPSA) is 65.7 Å². The van der Waals surface area contributed by atoms with Crippen LogP contribution >= 0.6 is 0 Å². The maximum Gasteiger partial charge on any atom is 0.252 e. The largest absolute Gasteiger partial charge is 0.497 e. The van der Waals surface area contributed by atoms with Crippen LogP contribution in [0.3, 0.4) is 0 Å². The fourth-order valence-corrected chi connectivity index (χ4v) is 2.69. The molecule has 26 heavy (non-hydrogen) atoms. The first-order valence-corrected chi connectivity index (χ1v) is 8.21. The summed E-state index contributed by atoms with van der Waals surface area (Å²) in [6, 6.07) is 19.7. The van der Waals surface area contributed by atoms with E-state index >= 15 is 0 Å². The van der Waals surface area contributed by atoms with E-state index in [1.807, 2.05) is 73.8 Å². The van der Waals surface area contributed by atoms with Gasteiger partial charge in [0.25, 0.3) is 5.95 Å². The number of ether oxygens (including phenoxy) is 1. The Bertz CT molecular complexity index is 1040. The summed E-state index contributed by atoms with van der Waals surface area (Å²) in [4.78, 5) is 9.13. The molecule has 0 amide bonds. The van der Waals surface area contributed by atoms with E-state index in [1.54, 1.807) is 11.8 Å². The van der Waals surface area contributed by atoms with Crippen LogP contribution in [0.5, 0.6) is 5.75 Å². The van der Waals surface area contributed by atoms with Crippen LogP contribution in [-0.4, -0.2) is 32.1 Å². The van der Waals surface area contributed by atoms with Crippen molar-refractivity contribution in [3.8, 4) is 34.2 Å². The maximum atomic E-state index is 5.27. The normalized spacial score (nSPS) is 10.7. The average molecular weight is 343 g/mol. The highest BCUT2D eigenvalue weighted by atomic mass is 16.5. The predicted octanol–water partition coefficient (Wildman–Crippen LogP) is 3.71. The highest BCUT2D eigenvalue weighted by molar-refractivity contribution is 5.61. The smallest absolute Gasteiger partial charge is 0.252 e. The second-order valence-corrected chi connectivity index (χ2v) is 5.84. The Balaban J connectivity index is 1.72. The molecule has 4 aromatic rings. The van der Waals surface area contributed by atoms with Crippen molar-refractivity contribution in [2.45, 2.75) is 6.92 Å². The van der Waals surface area contributed by atoms with E-state index in [2.05, 4.69) is 20.3 Å². The Hall–Kier alpha value is -3.54. The first-order chi connectivity index (χ1) is 12.7. The van der Waals surface area contributed by atoms with Crippen molar-refractivity contribution in [1.29, 1.82) is 0 Å². The Morgan fingerprint density at radius 3 is 2.46 bits per heavy atom. The van der Waals surface area contributed by atoms with Gasteiger partial charge in [-0.3, -0.25) is 0 Å². The molecule has 0 spiro atoms. The van der Waals surface area contributed by atoms with Crippen molar-refractivity contribution in [2.24, 2.45) is 0 Å². The molecule has 0 saturated carbocycles. The van der Waals surface area contributed by atoms with Crippen LogP contribution in [0.25, 0.3) is 28.5 Å². The van der Waals surface area contributed by atoms with Gasteiger partial charge in [0.05, 0.1) is 19.0 Å². The SMILES string of the molecule is COc1cccc(-c2cn(-c3nc(C)cc(-c4ccccc4)n3)nn2)c1. The molecule has 2 aromatic carbocycles. The van der Waals surface area contributed by atoms with Gasteiger partial charge < -0.3 is 4.74 Å². The van der Waals surface area contributed by atoms with Gasteiger partial charge >= 0.3 is 0 Å². The van der Waals surface area contributed by atoms with Gasteiger partial charge in [-0.15, -0.1) is 5.10 Å². The van der Waals surface area contributed by atoms with Crippen LogP contribution in [0.1, 0.15) is 5.69 Å². The zero-order chi connectivity index (χ0) is 17.9. The van der Waals surface area contributed by atoms with Crippen LogP contribution in [-0.2, 0) is 0 Å². The van der Waals surface area contributed by atoms with Crippen molar-refractivity contribution in [3.63, 3.8) is 0 Å². The van der Waals surface area contributed by atoms with Gasteiger partial charge in [-0.2, -0.15) is 4.68 Å². The molecule has 0 unspecified atom stereocenters. The van der Waals surface area contributed by atoms with E-state index in [1.165, 1.54) is 0 Å². The van der Waals surface area contributed by atoms with Gasteiger partial charge in [0.1, 0.15) is 11.4 Å². The van der Waals surface area contributed by atoms with Gasteiger partial charge in [0, 0.05) is 16.8 Å². The molecule has 0 fully saturated rings. The number of methoxy groups -OCH3 is 1. The van der Waals surface area contributed by atoms with Crippen molar-refractivity contribution in [1.82, 2.24) is 25.0 Å². The number of aromatic nitrogens is 5. The molecule has 0 atom stereocenters. The summed E-state index contributed by atoms with van der Waals surface area (Å²) >= 11 is 0. The summed E-state index contributed by atoms with van der Waals surface area (Å²) < 4.78 is 6.86. The molecule has 0 aliphatic carbocycles. The fourth-order valence-electron chi connectivity index (χ4n) is 2.69. The zero-order valence-electron chi connectivity index (χ0n) is 14.5. The van der Waals surface area contributed by atoms with Gasteiger partial charge in [-0.1, -0.05) is 47.7 Å². The third-order valence-corrected chi connectivity index (χ3v) is 3.98. The molecule has 0 aliphatic heterocycles. The third kappa shape index (κ3) is 3.17. The lowest BCUT2D eigenvalue weighted by Crippen LogP contribution is -2.04. The Morgan fingerprint density at radius 1 is 0.846 bits per heavy atom. The monoisotopic (exact) mass is 343 g/mol. The number of nitrogens with zero attached hydrogens (tertiary/aromatic N) is 5. The highest BCUT2D eigenvalue weighted by Gasteiger charge is 2.10. The minimum Gasteiger partial charge on any atom is -0.497 e. The minimum absolute atomic E-state index is 0.491. The van der Waals surface area contributed by atoms with E-state index in [0.717, 1.165) is 34.0 Å². The van der Waals surface area contributed by atoms with Crippen LogP contribution in [0.2, 0.25) is 0 Å². The van der Waals surface area contributed by atoms with Crippen molar-refractivity contribution in [3.05, 3.63) is 72.6 Å². The van der Waals surface area contributed by atoms with Crippen molar-refractivity contribution in [2.75, 3.05) is 7.11 Å². The molecule has 2 heterocycles. The molecule has 2 aromatic heterocycles. The molecule has 0 saturated heterocycles. The molecule has 6 nitrogen and oxygen atoms in total. The maximum absolute atomic E-state index is 5.27. The summed E-state index contributed by atoms with van der Waals surface area (Å²) in [5.74, 6) is 1.26. The Kier molecular flexibility index (Phi) is 4.15. The molecule has 0 radical (unpaired) electrons. The zero-order valence-corrected chi connectivity index (χ0v) is 14.5. The molecule has 6 heteroatoms. The highest BCUT2D eigenvalue weighted by Crippen LogP contribution is 2.23. The molecule has 128 valence electrons. The Morgan fingerprint density at radius 2 is 1.65 bits per heavy atom. The number of hydrogen-bond donors (Lipinski definition) is 0. The summed E-state index contributed by atoms with van der Waals surface area (Å²) in [7, 11) is 1.64. The molecule has 0 bridgehead atoms. The second kappa shape index (κ2) is 6.76. The number of rotatable bonds is 4. The van der Waals surface area contributed by atoms with Gasteiger partial charge in [0.15, 0.2) is 0 Å². The predicted molar refractivity (Wildman–Crippen MR) is 99.1 cm³/mol.